The monoisotopic (exact) mass is 357 g/mol. The van der Waals surface area contributed by atoms with Gasteiger partial charge in [0.2, 0.25) is 5.91 Å². The van der Waals surface area contributed by atoms with Crippen molar-refractivity contribution in [2.45, 2.75) is 13.3 Å². The van der Waals surface area contributed by atoms with Crippen LogP contribution in [0.1, 0.15) is 12.0 Å². The van der Waals surface area contributed by atoms with Crippen molar-refractivity contribution in [1.82, 2.24) is 5.32 Å². The van der Waals surface area contributed by atoms with Crippen LogP contribution in [0.5, 0.6) is 0 Å². The number of carbonyl (C=O) groups is 2. The first-order valence-corrected chi connectivity index (χ1v) is 8.56. The van der Waals surface area contributed by atoms with Crippen molar-refractivity contribution in [3.8, 4) is 0 Å². The van der Waals surface area contributed by atoms with E-state index in [0.29, 0.717) is 30.2 Å². The third kappa shape index (κ3) is 4.51. The van der Waals surface area contributed by atoms with Gasteiger partial charge in [0.25, 0.3) is 0 Å². The number of anilines is 2. The minimum Gasteiger partial charge on any atom is -0.338 e. The highest BCUT2D eigenvalue weighted by atomic mass is 35.5. The zero-order valence-electron chi connectivity index (χ0n) is 14.0. The molecule has 0 radical (unpaired) electrons. The number of hydrogen-bond acceptors (Lipinski definition) is 2. The number of amides is 3. The number of halogens is 1. The van der Waals surface area contributed by atoms with Crippen molar-refractivity contribution in [2.24, 2.45) is 5.92 Å². The Balaban J connectivity index is 1.50. The standard InChI is InChI=1S/C19H20ClN3O2/c1-13-2-8-17(9-3-13)23-12-14(10-18(23)24)11-21-19(25)22-16-6-4-15(20)5-7-16/h2-9,14H,10-12H2,1H3,(H2,21,22,25)/t14-/m1/s1. The smallest absolute Gasteiger partial charge is 0.319 e. The summed E-state index contributed by atoms with van der Waals surface area (Å²) < 4.78 is 0. The van der Waals surface area contributed by atoms with E-state index in [1.807, 2.05) is 31.2 Å². The predicted octanol–water partition coefficient (Wildman–Crippen LogP) is 3.82. The van der Waals surface area contributed by atoms with Crippen molar-refractivity contribution < 1.29 is 9.59 Å². The van der Waals surface area contributed by atoms with E-state index < -0.39 is 0 Å². The molecule has 2 aromatic carbocycles. The molecule has 1 atom stereocenters. The van der Waals surface area contributed by atoms with Gasteiger partial charge < -0.3 is 15.5 Å². The van der Waals surface area contributed by atoms with E-state index in [1.54, 1.807) is 29.2 Å². The number of nitrogens with one attached hydrogen (secondary N) is 2. The second-order valence-corrected chi connectivity index (χ2v) is 6.69. The zero-order chi connectivity index (χ0) is 17.8. The fourth-order valence-corrected chi connectivity index (χ4v) is 2.96. The number of benzene rings is 2. The molecule has 1 heterocycles. The molecule has 1 aliphatic heterocycles. The largest absolute Gasteiger partial charge is 0.338 e. The molecule has 1 aliphatic rings. The van der Waals surface area contributed by atoms with Gasteiger partial charge >= 0.3 is 6.03 Å². The second kappa shape index (κ2) is 7.57. The first-order chi connectivity index (χ1) is 12.0. The van der Waals surface area contributed by atoms with E-state index in [4.69, 9.17) is 11.6 Å². The molecule has 2 aromatic rings. The Labute approximate surface area is 152 Å². The number of hydrogen-bond donors (Lipinski definition) is 2. The highest BCUT2D eigenvalue weighted by Crippen LogP contribution is 2.25. The maximum absolute atomic E-state index is 12.2. The first kappa shape index (κ1) is 17.3. The SMILES string of the molecule is Cc1ccc(N2C[C@@H](CNC(=O)Nc3ccc(Cl)cc3)CC2=O)cc1. The predicted molar refractivity (Wildman–Crippen MR) is 100 cm³/mol. The molecule has 0 spiro atoms. The molecule has 0 bridgehead atoms. The lowest BCUT2D eigenvalue weighted by molar-refractivity contribution is -0.117. The third-order valence-electron chi connectivity index (χ3n) is 4.20. The van der Waals surface area contributed by atoms with E-state index in [1.165, 1.54) is 0 Å². The van der Waals surface area contributed by atoms with Crippen LogP contribution in [0.4, 0.5) is 16.2 Å². The van der Waals surface area contributed by atoms with E-state index in [9.17, 15) is 9.59 Å². The van der Waals surface area contributed by atoms with Crippen molar-refractivity contribution in [2.75, 3.05) is 23.3 Å². The van der Waals surface area contributed by atoms with Gasteiger partial charge in [-0.1, -0.05) is 29.3 Å². The lowest BCUT2D eigenvalue weighted by Gasteiger charge is -2.17. The Bertz CT molecular complexity index is 759. The molecule has 3 rings (SSSR count). The molecule has 0 aliphatic carbocycles. The van der Waals surface area contributed by atoms with Gasteiger partial charge in [-0.3, -0.25) is 4.79 Å². The number of urea groups is 1. The summed E-state index contributed by atoms with van der Waals surface area (Å²) in [5.41, 5.74) is 2.74. The Kier molecular flexibility index (Phi) is 5.24. The summed E-state index contributed by atoms with van der Waals surface area (Å²) in [6, 6.07) is 14.5. The summed E-state index contributed by atoms with van der Waals surface area (Å²) in [7, 11) is 0. The summed E-state index contributed by atoms with van der Waals surface area (Å²) in [6.45, 7) is 3.08. The van der Waals surface area contributed by atoms with Crippen LogP contribution in [-0.2, 0) is 4.79 Å². The lowest BCUT2D eigenvalue weighted by Crippen LogP contribution is -2.34. The van der Waals surface area contributed by atoms with Crippen LogP contribution in [0.2, 0.25) is 5.02 Å². The van der Waals surface area contributed by atoms with Crippen molar-refractivity contribution in [1.29, 1.82) is 0 Å². The molecule has 0 unspecified atom stereocenters. The van der Waals surface area contributed by atoms with E-state index in [0.717, 1.165) is 11.3 Å². The fraction of sp³-hybridized carbons (Fsp3) is 0.263. The first-order valence-electron chi connectivity index (χ1n) is 8.19. The normalized spacial score (nSPS) is 16.8. The molecule has 1 fully saturated rings. The van der Waals surface area contributed by atoms with Gasteiger partial charge in [0.05, 0.1) is 0 Å². The lowest BCUT2D eigenvalue weighted by atomic mass is 10.1. The summed E-state index contributed by atoms with van der Waals surface area (Å²) in [5.74, 6) is 0.193. The van der Waals surface area contributed by atoms with Crippen LogP contribution in [0.3, 0.4) is 0 Å². The van der Waals surface area contributed by atoms with Crippen LogP contribution >= 0.6 is 11.6 Å². The highest BCUT2D eigenvalue weighted by Gasteiger charge is 2.30. The van der Waals surface area contributed by atoms with E-state index in [-0.39, 0.29) is 17.9 Å². The van der Waals surface area contributed by atoms with Crippen LogP contribution in [-0.4, -0.2) is 25.0 Å². The van der Waals surface area contributed by atoms with Crippen LogP contribution in [0.15, 0.2) is 48.5 Å². The minimum absolute atomic E-state index is 0.0914. The number of aryl methyl sites for hydroxylation is 1. The maximum atomic E-state index is 12.2. The van der Waals surface area contributed by atoms with Gasteiger partial charge in [0.15, 0.2) is 0 Å². The molecule has 130 valence electrons. The topological polar surface area (TPSA) is 61.4 Å². The van der Waals surface area contributed by atoms with Crippen LogP contribution in [0.25, 0.3) is 0 Å². The molecule has 1 saturated heterocycles. The maximum Gasteiger partial charge on any atom is 0.319 e. The summed E-state index contributed by atoms with van der Waals surface area (Å²) >= 11 is 5.82. The van der Waals surface area contributed by atoms with Crippen molar-refractivity contribution in [3.05, 3.63) is 59.1 Å². The zero-order valence-corrected chi connectivity index (χ0v) is 14.7. The Morgan fingerprint density at radius 2 is 1.84 bits per heavy atom. The summed E-state index contributed by atoms with van der Waals surface area (Å²) in [4.78, 5) is 26.0. The fourth-order valence-electron chi connectivity index (χ4n) is 2.84. The molecule has 3 amide bonds. The van der Waals surface area contributed by atoms with Crippen molar-refractivity contribution in [3.63, 3.8) is 0 Å². The molecule has 6 heteroatoms. The number of rotatable bonds is 4. The van der Waals surface area contributed by atoms with Crippen LogP contribution in [0, 0.1) is 12.8 Å². The van der Waals surface area contributed by atoms with Gasteiger partial charge in [-0.2, -0.15) is 0 Å². The Morgan fingerprint density at radius 3 is 2.52 bits per heavy atom. The van der Waals surface area contributed by atoms with Gasteiger partial charge in [-0.15, -0.1) is 0 Å². The average Bonchev–Trinajstić information content (AvgIpc) is 2.97. The van der Waals surface area contributed by atoms with Gasteiger partial charge in [0, 0.05) is 41.8 Å². The van der Waals surface area contributed by atoms with Crippen LogP contribution < -0.4 is 15.5 Å². The molecular weight excluding hydrogens is 338 g/mol. The number of nitrogens with zero attached hydrogens (tertiary/aromatic N) is 1. The third-order valence-corrected chi connectivity index (χ3v) is 4.46. The van der Waals surface area contributed by atoms with Crippen molar-refractivity contribution >= 4 is 34.9 Å². The Morgan fingerprint density at radius 1 is 1.16 bits per heavy atom. The highest BCUT2D eigenvalue weighted by molar-refractivity contribution is 6.30. The molecule has 5 nitrogen and oxygen atoms in total. The van der Waals surface area contributed by atoms with Gasteiger partial charge in [-0.05, 0) is 43.3 Å². The average molecular weight is 358 g/mol. The molecule has 2 N–H and O–H groups in total. The van der Waals surface area contributed by atoms with E-state index in [2.05, 4.69) is 10.6 Å². The van der Waals surface area contributed by atoms with Gasteiger partial charge in [-0.25, -0.2) is 4.79 Å². The second-order valence-electron chi connectivity index (χ2n) is 6.25. The molecule has 0 saturated carbocycles. The minimum atomic E-state index is -0.288. The molecule has 0 aromatic heterocycles. The number of carbonyl (C=O) groups excluding carboxylic acids is 2. The quantitative estimate of drug-likeness (QED) is 0.873. The van der Waals surface area contributed by atoms with E-state index >= 15 is 0 Å². The summed E-state index contributed by atoms with van der Waals surface area (Å²) in [5, 5.41) is 6.19. The Hall–Kier alpha value is -2.53. The summed E-state index contributed by atoms with van der Waals surface area (Å²) in [6.07, 6.45) is 0.440. The van der Waals surface area contributed by atoms with Gasteiger partial charge in [0.1, 0.15) is 0 Å². The molecule has 25 heavy (non-hydrogen) atoms. The molecular formula is C19H20ClN3O2.